The first-order valence-electron chi connectivity index (χ1n) is 6.14. The van der Waals surface area contributed by atoms with Crippen molar-refractivity contribution in [2.75, 3.05) is 11.9 Å². The summed E-state index contributed by atoms with van der Waals surface area (Å²) in [6.45, 7) is 0. The minimum Gasteiger partial charge on any atom is -0.339 e. The number of nitro groups is 1. The van der Waals surface area contributed by atoms with Crippen molar-refractivity contribution in [3.63, 3.8) is 0 Å². The fraction of sp³-hybridized carbons (Fsp3) is 0.133. The molecule has 21 heavy (non-hydrogen) atoms. The lowest BCUT2D eigenvalue weighted by molar-refractivity contribution is -0.384. The molecule has 0 aliphatic heterocycles. The quantitative estimate of drug-likeness (QED) is 0.486. The molecule has 0 amide bonds. The van der Waals surface area contributed by atoms with Crippen LogP contribution in [0.25, 0.3) is 0 Å². The van der Waals surface area contributed by atoms with Crippen LogP contribution in [0.2, 0.25) is 0 Å². The monoisotopic (exact) mass is 301 g/mol. The van der Waals surface area contributed by atoms with E-state index in [1.165, 1.54) is 6.07 Å². The SMILES string of the molecule is CN(c1cccc(C#N)c1)c1ccc(CCl)cc1[N+](=O)[O-]. The summed E-state index contributed by atoms with van der Waals surface area (Å²) in [5.41, 5.74) is 2.32. The maximum absolute atomic E-state index is 11.2. The van der Waals surface area contributed by atoms with Crippen molar-refractivity contribution in [1.82, 2.24) is 0 Å². The van der Waals surface area contributed by atoms with Gasteiger partial charge < -0.3 is 4.90 Å². The summed E-state index contributed by atoms with van der Waals surface area (Å²) in [4.78, 5) is 12.5. The van der Waals surface area contributed by atoms with E-state index in [2.05, 4.69) is 6.07 Å². The predicted molar refractivity (Wildman–Crippen MR) is 81.9 cm³/mol. The highest BCUT2D eigenvalue weighted by Gasteiger charge is 2.19. The van der Waals surface area contributed by atoms with Crippen LogP contribution < -0.4 is 4.90 Å². The van der Waals surface area contributed by atoms with Crippen LogP contribution in [0.15, 0.2) is 42.5 Å². The molecule has 5 nitrogen and oxygen atoms in total. The molecule has 0 saturated heterocycles. The lowest BCUT2D eigenvalue weighted by atomic mass is 10.1. The second-order valence-corrected chi connectivity index (χ2v) is 4.70. The van der Waals surface area contributed by atoms with Gasteiger partial charge in [-0.15, -0.1) is 11.6 Å². The summed E-state index contributed by atoms with van der Waals surface area (Å²) in [5.74, 6) is 0.217. The van der Waals surface area contributed by atoms with Gasteiger partial charge in [0.2, 0.25) is 0 Å². The van der Waals surface area contributed by atoms with Gasteiger partial charge in [-0.05, 0) is 29.8 Å². The molecule has 2 aromatic carbocycles. The van der Waals surface area contributed by atoms with Crippen molar-refractivity contribution in [3.05, 3.63) is 63.7 Å². The molecule has 2 aromatic rings. The lowest BCUT2D eigenvalue weighted by Crippen LogP contribution is -2.12. The van der Waals surface area contributed by atoms with E-state index >= 15 is 0 Å². The molecule has 0 radical (unpaired) electrons. The number of halogens is 1. The van der Waals surface area contributed by atoms with Gasteiger partial charge in [-0.25, -0.2) is 0 Å². The van der Waals surface area contributed by atoms with Gasteiger partial charge in [0.25, 0.3) is 5.69 Å². The van der Waals surface area contributed by atoms with Crippen LogP contribution in [0.1, 0.15) is 11.1 Å². The Morgan fingerprint density at radius 2 is 2.10 bits per heavy atom. The van der Waals surface area contributed by atoms with Crippen LogP contribution >= 0.6 is 11.6 Å². The number of rotatable bonds is 4. The van der Waals surface area contributed by atoms with Crippen LogP contribution in [-0.4, -0.2) is 12.0 Å². The Morgan fingerprint density at radius 1 is 1.33 bits per heavy atom. The van der Waals surface area contributed by atoms with Crippen molar-refractivity contribution in [3.8, 4) is 6.07 Å². The Labute approximate surface area is 127 Å². The molecule has 0 aromatic heterocycles. The van der Waals surface area contributed by atoms with E-state index in [-0.39, 0.29) is 11.6 Å². The fourth-order valence-corrected chi connectivity index (χ4v) is 2.17. The zero-order valence-corrected chi connectivity index (χ0v) is 12.0. The Morgan fingerprint density at radius 3 is 2.71 bits per heavy atom. The number of nitriles is 1. The predicted octanol–water partition coefficient (Wildman–Crippen LogP) is 3.97. The molecule has 6 heteroatoms. The van der Waals surface area contributed by atoms with Gasteiger partial charge in [0.05, 0.1) is 16.6 Å². The van der Waals surface area contributed by atoms with E-state index in [9.17, 15) is 10.1 Å². The zero-order chi connectivity index (χ0) is 15.4. The van der Waals surface area contributed by atoms with Gasteiger partial charge in [0.1, 0.15) is 5.69 Å². The van der Waals surface area contributed by atoms with E-state index in [4.69, 9.17) is 16.9 Å². The van der Waals surface area contributed by atoms with Gasteiger partial charge >= 0.3 is 0 Å². The van der Waals surface area contributed by atoms with E-state index in [0.29, 0.717) is 22.5 Å². The number of benzene rings is 2. The van der Waals surface area contributed by atoms with Crippen LogP contribution in [0.4, 0.5) is 17.1 Å². The Kier molecular flexibility index (Phi) is 4.41. The molecule has 106 valence electrons. The number of nitro benzene ring substituents is 1. The summed E-state index contributed by atoms with van der Waals surface area (Å²) in [6.07, 6.45) is 0. The topological polar surface area (TPSA) is 70.2 Å². The highest BCUT2D eigenvalue weighted by atomic mass is 35.5. The second kappa shape index (κ2) is 6.25. The Hall–Kier alpha value is -2.58. The zero-order valence-electron chi connectivity index (χ0n) is 11.3. The minimum atomic E-state index is -0.434. The second-order valence-electron chi connectivity index (χ2n) is 4.43. The number of hydrogen-bond acceptors (Lipinski definition) is 4. The van der Waals surface area contributed by atoms with Gasteiger partial charge in [-0.1, -0.05) is 12.1 Å². The summed E-state index contributed by atoms with van der Waals surface area (Å²) >= 11 is 5.72. The number of alkyl halides is 1. The van der Waals surface area contributed by atoms with Crippen molar-refractivity contribution in [1.29, 1.82) is 5.26 Å². The third-order valence-corrected chi connectivity index (χ3v) is 3.42. The van der Waals surface area contributed by atoms with E-state index in [1.54, 1.807) is 48.3 Å². The van der Waals surface area contributed by atoms with E-state index in [1.807, 2.05) is 0 Å². The van der Waals surface area contributed by atoms with Crippen LogP contribution in [0.3, 0.4) is 0 Å². The minimum absolute atomic E-state index is 0.0157. The van der Waals surface area contributed by atoms with Gasteiger partial charge in [0, 0.05) is 24.7 Å². The summed E-state index contributed by atoms with van der Waals surface area (Å²) in [6, 6.07) is 13.8. The first kappa shape index (κ1) is 14.8. The average molecular weight is 302 g/mol. The number of anilines is 2. The van der Waals surface area contributed by atoms with E-state index < -0.39 is 4.92 Å². The lowest BCUT2D eigenvalue weighted by Gasteiger charge is -2.19. The highest BCUT2D eigenvalue weighted by Crippen LogP contribution is 2.33. The molecule has 0 fully saturated rings. The van der Waals surface area contributed by atoms with Crippen molar-refractivity contribution in [2.45, 2.75) is 5.88 Å². The van der Waals surface area contributed by atoms with Crippen LogP contribution in [0, 0.1) is 21.4 Å². The molecule has 0 aliphatic rings. The van der Waals surface area contributed by atoms with Crippen molar-refractivity contribution in [2.24, 2.45) is 0 Å². The molecular formula is C15H12ClN3O2. The highest BCUT2D eigenvalue weighted by molar-refractivity contribution is 6.17. The molecular weight excluding hydrogens is 290 g/mol. The average Bonchev–Trinajstić information content (AvgIpc) is 2.53. The molecule has 0 unspecified atom stereocenters. The third kappa shape index (κ3) is 3.12. The molecule has 0 atom stereocenters. The molecule has 2 rings (SSSR count). The van der Waals surface area contributed by atoms with E-state index in [0.717, 1.165) is 0 Å². The van der Waals surface area contributed by atoms with Crippen LogP contribution in [-0.2, 0) is 5.88 Å². The van der Waals surface area contributed by atoms with Crippen molar-refractivity contribution < 1.29 is 4.92 Å². The Balaban J connectivity index is 2.49. The molecule has 0 bridgehead atoms. The smallest absolute Gasteiger partial charge is 0.293 e. The Bertz CT molecular complexity index is 725. The summed E-state index contributed by atoms with van der Waals surface area (Å²) < 4.78 is 0. The number of hydrogen-bond donors (Lipinski definition) is 0. The van der Waals surface area contributed by atoms with Gasteiger partial charge in [0.15, 0.2) is 0 Å². The van der Waals surface area contributed by atoms with Gasteiger partial charge in [-0.2, -0.15) is 5.26 Å². The van der Waals surface area contributed by atoms with Crippen LogP contribution in [0.5, 0.6) is 0 Å². The normalized spacial score (nSPS) is 9.95. The molecule has 0 spiro atoms. The summed E-state index contributed by atoms with van der Waals surface area (Å²) in [7, 11) is 1.72. The molecule has 0 aliphatic carbocycles. The molecule has 0 N–H and O–H groups in total. The fourth-order valence-electron chi connectivity index (χ4n) is 2.01. The van der Waals surface area contributed by atoms with Crippen molar-refractivity contribution >= 4 is 28.7 Å². The first-order chi connectivity index (χ1) is 10.1. The first-order valence-corrected chi connectivity index (χ1v) is 6.67. The largest absolute Gasteiger partial charge is 0.339 e. The molecule has 0 heterocycles. The standard InChI is InChI=1S/C15H12ClN3O2/c1-18(13-4-2-3-12(7-13)10-17)14-6-5-11(9-16)8-15(14)19(20)21/h2-8H,9H2,1H3. The maximum atomic E-state index is 11.2. The van der Waals surface area contributed by atoms with Gasteiger partial charge in [-0.3, -0.25) is 10.1 Å². The summed E-state index contributed by atoms with van der Waals surface area (Å²) in [5, 5.41) is 20.2. The number of nitrogens with zero attached hydrogens (tertiary/aromatic N) is 3. The maximum Gasteiger partial charge on any atom is 0.293 e. The molecule has 0 saturated carbocycles. The third-order valence-electron chi connectivity index (χ3n) is 3.11.